The Morgan fingerprint density at radius 2 is 1.68 bits per heavy atom. The van der Waals surface area contributed by atoms with Crippen molar-refractivity contribution in [3.63, 3.8) is 0 Å². The fourth-order valence-corrected chi connectivity index (χ4v) is 3.97. The second kappa shape index (κ2) is 8.71. The molecule has 0 spiro atoms. The van der Waals surface area contributed by atoms with Gasteiger partial charge in [0.1, 0.15) is 11.6 Å². The van der Waals surface area contributed by atoms with Crippen molar-refractivity contribution in [3.05, 3.63) is 77.7 Å². The Labute approximate surface area is 180 Å². The van der Waals surface area contributed by atoms with Crippen LogP contribution in [0.4, 0.5) is 16.2 Å². The topological polar surface area (TPSA) is 58.9 Å². The SMILES string of the molecule is Fc1ccc(CNc2nc(N3CCCC3)nc3c2cnn3CCc2ccccc2)cc1. The number of benzene rings is 2. The summed E-state index contributed by atoms with van der Waals surface area (Å²) < 4.78 is 15.2. The van der Waals surface area contributed by atoms with Crippen molar-refractivity contribution in [1.29, 1.82) is 0 Å². The lowest BCUT2D eigenvalue weighted by atomic mass is 10.1. The number of fused-ring (bicyclic) bond motifs is 1. The van der Waals surface area contributed by atoms with Crippen LogP contribution in [0.5, 0.6) is 0 Å². The monoisotopic (exact) mass is 416 g/mol. The fraction of sp³-hybridized carbons (Fsp3) is 0.292. The molecule has 0 bridgehead atoms. The molecule has 0 radical (unpaired) electrons. The Kier molecular flexibility index (Phi) is 5.48. The van der Waals surface area contributed by atoms with Crippen molar-refractivity contribution in [1.82, 2.24) is 19.7 Å². The molecule has 6 nitrogen and oxygen atoms in total. The average molecular weight is 417 g/mol. The van der Waals surface area contributed by atoms with Gasteiger partial charge >= 0.3 is 0 Å². The lowest BCUT2D eigenvalue weighted by Gasteiger charge is -2.17. The molecule has 2 aromatic carbocycles. The van der Waals surface area contributed by atoms with Gasteiger partial charge in [-0.2, -0.15) is 15.1 Å². The van der Waals surface area contributed by atoms with E-state index in [4.69, 9.17) is 9.97 Å². The van der Waals surface area contributed by atoms with Crippen molar-refractivity contribution in [2.75, 3.05) is 23.3 Å². The smallest absolute Gasteiger partial charge is 0.229 e. The van der Waals surface area contributed by atoms with Crippen molar-refractivity contribution in [2.45, 2.75) is 32.4 Å². The van der Waals surface area contributed by atoms with Gasteiger partial charge in [-0.3, -0.25) is 0 Å². The summed E-state index contributed by atoms with van der Waals surface area (Å²) in [6, 6.07) is 16.9. The second-order valence-corrected chi connectivity index (χ2v) is 7.89. The maximum Gasteiger partial charge on any atom is 0.229 e. The van der Waals surface area contributed by atoms with Crippen LogP contribution in [0.2, 0.25) is 0 Å². The molecular weight excluding hydrogens is 391 g/mol. The standard InChI is InChI=1S/C24H25FN6/c25-20-10-8-19(9-11-20)16-26-22-21-17-27-31(15-12-18-6-2-1-3-7-18)23(21)29-24(28-22)30-13-4-5-14-30/h1-3,6-11,17H,4-5,12-16H2,(H,26,28,29). The molecule has 158 valence electrons. The number of hydrogen-bond acceptors (Lipinski definition) is 5. The first-order chi connectivity index (χ1) is 15.3. The zero-order valence-corrected chi connectivity index (χ0v) is 17.3. The van der Waals surface area contributed by atoms with E-state index in [2.05, 4.69) is 39.6 Å². The van der Waals surface area contributed by atoms with Crippen molar-refractivity contribution in [3.8, 4) is 0 Å². The molecule has 1 fully saturated rings. The zero-order chi connectivity index (χ0) is 21.0. The van der Waals surface area contributed by atoms with Crippen LogP contribution >= 0.6 is 0 Å². The van der Waals surface area contributed by atoms with Gasteiger partial charge in [0.2, 0.25) is 5.95 Å². The van der Waals surface area contributed by atoms with Gasteiger partial charge < -0.3 is 10.2 Å². The Morgan fingerprint density at radius 3 is 2.45 bits per heavy atom. The van der Waals surface area contributed by atoms with Crippen molar-refractivity contribution >= 4 is 22.8 Å². The van der Waals surface area contributed by atoms with Crippen LogP contribution in [0, 0.1) is 5.82 Å². The largest absolute Gasteiger partial charge is 0.365 e. The summed E-state index contributed by atoms with van der Waals surface area (Å²) >= 11 is 0. The highest BCUT2D eigenvalue weighted by Crippen LogP contribution is 2.26. The van der Waals surface area contributed by atoms with Crippen LogP contribution in [0.25, 0.3) is 11.0 Å². The van der Waals surface area contributed by atoms with Crippen LogP contribution in [0.15, 0.2) is 60.8 Å². The summed E-state index contributed by atoms with van der Waals surface area (Å²) in [5, 5.41) is 8.93. The summed E-state index contributed by atoms with van der Waals surface area (Å²) in [6.45, 7) is 3.25. The van der Waals surface area contributed by atoms with Crippen molar-refractivity contribution < 1.29 is 4.39 Å². The molecular formula is C24H25FN6. The quantitative estimate of drug-likeness (QED) is 0.483. The molecule has 1 aliphatic rings. The van der Waals surface area contributed by atoms with E-state index in [1.54, 1.807) is 12.1 Å². The van der Waals surface area contributed by atoms with E-state index < -0.39 is 0 Å². The Bertz CT molecular complexity index is 1150. The molecule has 4 aromatic rings. The van der Waals surface area contributed by atoms with Gasteiger partial charge in [0, 0.05) is 26.2 Å². The van der Waals surface area contributed by atoms with E-state index in [1.807, 2.05) is 16.9 Å². The average Bonchev–Trinajstić information content (AvgIpc) is 3.48. The molecule has 5 rings (SSSR count). The minimum atomic E-state index is -0.232. The molecule has 2 aromatic heterocycles. The molecule has 1 N–H and O–H groups in total. The third-order valence-corrected chi connectivity index (χ3v) is 5.70. The summed E-state index contributed by atoms with van der Waals surface area (Å²) in [5.74, 6) is 1.28. The van der Waals surface area contributed by atoms with E-state index >= 15 is 0 Å². The zero-order valence-electron chi connectivity index (χ0n) is 17.3. The molecule has 0 unspecified atom stereocenters. The molecule has 31 heavy (non-hydrogen) atoms. The number of aromatic nitrogens is 4. The number of nitrogens with one attached hydrogen (secondary N) is 1. The molecule has 1 saturated heterocycles. The van der Waals surface area contributed by atoms with Gasteiger partial charge in [0.25, 0.3) is 0 Å². The van der Waals surface area contributed by atoms with Gasteiger partial charge in [-0.05, 0) is 42.5 Å². The summed E-state index contributed by atoms with van der Waals surface area (Å²) in [5.41, 5.74) is 3.11. The third-order valence-electron chi connectivity index (χ3n) is 5.70. The van der Waals surface area contributed by atoms with Gasteiger partial charge in [0.15, 0.2) is 5.65 Å². The highest BCUT2D eigenvalue weighted by atomic mass is 19.1. The molecule has 0 saturated carbocycles. The van der Waals surface area contributed by atoms with E-state index in [0.29, 0.717) is 6.54 Å². The first-order valence-corrected chi connectivity index (χ1v) is 10.8. The minimum Gasteiger partial charge on any atom is -0.365 e. The van der Waals surface area contributed by atoms with E-state index in [1.165, 1.54) is 17.7 Å². The normalized spacial score (nSPS) is 13.8. The van der Waals surface area contributed by atoms with Gasteiger partial charge in [0.05, 0.1) is 11.6 Å². The lowest BCUT2D eigenvalue weighted by Crippen LogP contribution is -2.21. The van der Waals surface area contributed by atoms with E-state index in [0.717, 1.165) is 67.3 Å². The molecule has 0 aliphatic carbocycles. The van der Waals surface area contributed by atoms with Crippen LogP contribution in [0.3, 0.4) is 0 Å². The molecule has 3 heterocycles. The number of hydrogen-bond donors (Lipinski definition) is 1. The van der Waals surface area contributed by atoms with Crippen LogP contribution in [-0.2, 0) is 19.5 Å². The Balaban J connectivity index is 1.44. The highest BCUT2D eigenvalue weighted by molar-refractivity contribution is 5.87. The number of rotatable bonds is 7. The maximum atomic E-state index is 13.2. The van der Waals surface area contributed by atoms with Crippen LogP contribution in [0.1, 0.15) is 24.0 Å². The predicted molar refractivity (Wildman–Crippen MR) is 121 cm³/mol. The molecule has 7 heteroatoms. The van der Waals surface area contributed by atoms with Crippen LogP contribution < -0.4 is 10.2 Å². The number of aryl methyl sites for hydroxylation is 2. The fourth-order valence-electron chi connectivity index (χ4n) is 3.97. The molecule has 1 aliphatic heterocycles. The Hall–Kier alpha value is -3.48. The second-order valence-electron chi connectivity index (χ2n) is 7.89. The maximum absolute atomic E-state index is 13.2. The Morgan fingerprint density at radius 1 is 0.903 bits per heavy atom. The summed E-state index contributed by atoms with van der Waals surface area (Å²) in [4.78, 5) is 11.9. The lowest BCUT2D eigenvalue weighted by molar-refractivity contribution is 0.627. The van der Waals surface area contributed by atoms with E-state index in [9.17, 15) is 4.39 Å². The minimum absolute atomic E-state index is 0.232. The van der Waals surface area contributed by atoms with Crippen molar-refractivity contribution in [2.24, 2.45) is 0 Å². The van der Waals surface area contributed by atoms with E-state index in [-0.39, 0.29) is 5.82 Å². The first-order valence-electron chi connectivity index (χ1n) is 10.8. The number of nitrogens with zero attached hydrogens (tertiary/aromatic N) is 5. The molecule has 0 amide bonds. The van der Waals surface area contributed by atoms with Crippen LogP contribution in [-0.4, -0.2) is 32.8 Å². The van der Waals surface area contributed by atoms with Gasteiger partial charge in [-0.25, -0.2) is 9.07 Å². The number of anilines is 2. The molecule has 0 atom stereocenters. The van der Waals surface area contributed by atoms with Gasteiger partial charge in [-0.15, -0.1) is 0 Å². The first kappa shape index (κ1) is 19.5. The summed E-state index contributed by atoms with van der Waals surface area (Å²) in [6.07, 6.45) is 5.04. The highest BCUT2D eigenvalue weighted by Gasteiger charge is 2.19. The number of halogens is 1. The summed E-state index contributed by atoms with van der Waals surface area (Å²) in [7, 11) is 0. The predicted octanol–water partition coefficient (Wildman–Crippen LogP) is 4.42. The van der Waals surface area contributed by atoms with Gasteiger partial charge in [-0.1, -0.05) is 42.5 Å². The third kappa shape index (κ3) is 4.35.